The number of para-hydroxylation sites is 1. The molecule has 0 bridgehead atoms. The van der Waals surface area contributed by atoms with E-state index in [1.165, 1.54) is 0 Å². The molecule has 33 heavy (non-hydrogen) atoms. The molecule has 5 rings (SSSR count). The summed E-state index contributed by atoms with van der Waals surface area (Å²) in [4.78, 5) is 21.2. The van der Waals surface area contributed by atoms with Crippen LogP contribution in [-0.4, -0.2) is 34.6 Å². The van der Waals surface area contributed by atoms with Gasteiger partial charge >= 0.3 is 0 Å². The molecule has 6 nitrogen and oxygen atoms in total. The van der Waals surface area contributed by atoms with Gasteiger partial charge in [0.15, 0.2) is 0 Å². The van der Waals surface area contributed by atoms with Crippen molar-refractivity contribution in [3.63, 3.8) is 0 Å². The number of hydrogen-bond acceptors (Lipinski definition) is 4. The van der Waals surface area contributed by atoms with Gasteiger partial charge in [0.05, 0.1) is 24.4 Å². The summed E-state index contributed by atoms with van der Waals surface area (Å²) in [6.45, 7) is 0.0882. The molecule has 0 aliphatic rings. The van der Waals surface area contributed by atoms with Crippen molar-refractivity contribution in [1.29, 1.82) is 0 Å². The van der Waals surface area contributed by atoms with Crippen molar-refractivity contribution in [3.8, 4) is 17.0 Å². The number of pyridine rings is 1. The van der Waals surface area contributed by atoms with E-state index < -0.39 is 6.10 Å². The number of methoxy groups -OCH3 is 1. The number of nitrogens with zero attached hydrogens (tertiary/aromatic N) is 1. The van der Waals surface area contributed by atoms with Crippen LogP contribution in [-0.2, 0) is 0 Å². The highest BCUT2D eigenvalue weighted by Gasteiger charge is 2.18. The average molecular weight is 437 g/mol. The summed E-state index contributed by atoms with van der Waals surface area (Å²) < 4.78 is 5.39. The van der Waals surface area contributed by atoms with Crippen molar-refractivity contribution in [2.75, 3.05) is 13.7 Å². The lowest BCUT2D eigenvalue weighted by Gasteiger charge is -2.13. The first kappa shape index (κ1) is 20.7. The summed E-state index contributed by atoms with van der Waals surface area (Å²) in [6, 6.07) is 26.6. The Labute approximate surface area is 190 Å². The molecule has 5 aromatic rings. The van der Waals surface area contributed by atoms with E-state index >= 15 is 0 Å². The van der Waals surface area contributed by atoms with Crippen LogP contribution in [0.4, 0.5) is 0 Å². The zero-order valence-electron chi connectivity index (χ0n) is 18.1. The Kier molecular flexibility index (Phi) is 5.50. The minimum atomic E-state index is -0.801. The van der Waals surface area contributed by atoms with E-state index in [1.807, 2.05) is 78.9 Å². The molecule has 0 spiro atoms. The fourth-order valence-corrected chi connectivity index (χ4v) is 4.01. The van der Waals surface area contributed by atoms with Crippen molar-refractivity contribution < 1.29 is 14.6 Å². The predicted molar refractivity (Wildman–Crippen MR) is 129 cm³/mol. The third-order valence-corrected chi connectivity index (χ3v) is 5.71. The third kappa shape index (κ3) is 4.04. The lowest BCUT2D eigenvalue weighted by molar-refractivity contribution is 0.0911. The maximum absolute atomic E-state index is 13.1. The van der Waals surface area contributed by atoms with Crippen LogP contribution >= 0.6 is 0 Å². The zero-order valence-corrected chi connectivity index (χ0v) is 18.1. The van der Waals surface area contributed by atoms with Crippen LogP contribution < -0.4 is 10.1 Å². The van der Waals surface area contributed by atoms with Gasteiger partial charge in [0.1, 0.15) is 11.4 Å². The van der Waals surface area contributed by atoms with Gasteiger partial charge in [-0.05, 0) is 29.8 Å². The molecule has 0 saturated heterocycles. The second kappa shape index (κ2) is 8.76. The molecule has 1 atom stereocenters. The van der Waals surface area contributed by atoms with Crippen LogP contribution in [0.5, 0.6) is 5.75 Å². The van der Waals surface area contributed by atoms with E-state index in [0.29, 0.717) is 11.4 Å². The first-order valence-corrected chi connectivity index (χ1v) is 10.7. The summed E-state index contributed by atoms with van der Waals surface area (Å²) in [5, 5.41) is 15.2. The second-order valence-corrected chi connectivity index (χ2v) is 7.82. The Bertz CT molecular complexity index is 1440. The molecule has 2 heterocycles. The number of rotatable bonds is 6. The topological polar surface area (TPSA) is 87.2 Å². The Morgan fingerprint density at radius 2 is 1.79 bits per heavy atom. The summed E-state index contributed by atoms with van der Waals surface area (Å²) in [6.07, 6.45) is -0.801. The van der Waals surface area contributed by atoms with E-state index in [9.17, 15) is 9.90 Å². The van der Waals surface area contributed by atoms with Crippen molar-refractivity contribution in [3.05, 3.63) is 96.2 Å². The lowest BCUT2D eigenvalue weighted by atomic mass is 10.1. The number of aromatic amines is 1. The Morgan fingerprint density at radius 1 is 1.00 bits per heavy atom. The average Bonchev–Trinajstić information content (AvgIpc) is 3.25. The smallest absolute Gasteiger partial charge is 0.270 e. The van der Waals surface area contributed by atoms with Gasteiger partial charge in [-0.1, -0.05) is 60.7 Å². The highest BCUT2D eigenvalue weighted by atomic mass is 16.5. The number of aliphatic hydroxyl groups excluding tert-OH is 1. The maximum Gasteiger partial charge on any atom is 0.270 e. The Hall–Kier alpha value is -4.16. The van der Waals surface area contributed by atoms with E-state index in [0.717, 1.165) is 32.9 Å². The number of benzene rings is 3. The van der Waals surface area contributed by atoms with Gasteiger partial charge in [0, 0.05) is 28.4 Å². The number of H-pyrrole nitrogens is 1. The van der Waals surface area contributed by atoms with Crippen LogP contribution in [0.3, 0.4) is 0 Å². The van der Waals surface area contributed by atoms with Gasteiger partial charge in [-0.25, -0.2) is 4.98 Å². The van der Waals surface area contributed by atoms with Crippen LogP contribution in [0.25, 0.3) is 33.1 Å². The number of fused-ring (bicyclic) bond motifs is 3. The molecule has 0 fully saturated rings. The first-order valence-electron chi connectivity index (χ1n) is 10.7. The number of ether oxygens (including phenoxy) is 1. The Morgan fingerprint density at radius 3 is 2.61 bits per heavy atom. The number of carbonyl (C=O) groups is 1. The van der Waals surface area contributed by atoms with Crippen molar-refractivity contribution in [2.45, 2.75) is 6.10 Å². The molecule has 2 aromatic heterocycles. The van der Waals surface area contributed by atoms with Gasteiger partial charge in [0.2, 0.25) is 0 Å². The molecular weight excluding hydrogens is 414 g/mol. The highest BCUT2D eigenvalue weighted by Crippen LogP contribution is 2.33. The van der Waals surface area contributed by atoms with Crippen LogP contribution in [0.1, 0.15) is 22.2 Å². The van der Waals surface area contributed by atoms with Crippen molar-refractivity contribution in [1.82, 2.24) is 15.3 Å². The lowest BCUT2D eigenvalue weighted by Crippen LogP contribution is -2.29. The zero-order chi connectivity index (χ0) is 22.8. The molecule has 0 aliphatic heterocycles. The van der Waals surface area contributed by atoms with Gasteiger partial charge in [-0.15, -0.1) is 0 Å². The molecule has 3 N–H and O–H groups in total. The molecule has 164 valence electrons. The molecular formula is C27H23N3O3. The number of nitrogens with one attached hydrogen (secondary N) is 2. The highest BCUT2D eigenvalue weighted by molar-refractivity contribution is 6.13. The molecule has 6 heteroatoms. The number of aromatic nitrogens is 2. The first-order chi connectivity index (χ1) is 16.1. The maximum atomic E-state index is 13.1. The predicted octanol–water partition coefficient (Wildman–Crippen LogP) is 4.86. The molecule has 0 saturated carbocycles. The molecule has 0 aliphatic carbocycles. The number of amides is 1. The van der Waals surface area contributed by atoms with Crippen LogP contribution in [0.15, 0.2) is 84.9 Å². The van der Waals surface area contributed by atoms with E-state index in [-0.39, 0.29) is 18.1 Å². The summed E-state index contributed by atoms with van der Waals surface area (Å²) >= 11 is 0. The van der Waals surface area contributed by atoms with Gasteiger partial charge < -0.3 is 20.1 Å². The molecule has 1 unspecified atom stereocenters. The number of aliphatic hydroxyl groups is 1. The fourth-order valence-electron chi connectivity index (χ4n) is 4.01. The fraction of sp³-hybridized carbons (Fsp3) is 0.111. The normalized spacial score (nSPS) is 12.1. The standard InChI is InChI=1S/C27H23N3O3/c1-33-19-11-7-10-18(14-19)25-26-21(20-12-5-6-13-22(20)29-26)15-23(30-25)27(32)28-16-24(31)17-8-3-2-4-9-17/h2-15,24,29,31H,16H2,1H3,(H,28,32). The van der Waals surface area contributed by atoms with Crippen LogP contribution in [0.2, 0.25) is 0 Å². The van der Waals surface area contributed by atoms with E-state index in [4.69, 9.17) is 9.72 Å². The summed E-state index contributed by atoms with van der Waals surface area (Å²) in [7, 11) is 1.62. The molecule has 3 aromatic carbocycles. The van der Waals surface area contributed by atoms with Crippen molar-refractivity contribution >= 4 is 27.7 Å². The van der Waals surface area contributed by atoms with Gasteiger partial charge in [-0.3, -0.25) is 4.79 Å². The van der Waals surface area contributed by atoms with E-state index in [1.54, 1.807) is 13.2 Å². The summed E-state index contributed by atoms with van der Waals surface area (Å²) in [5.41, 5.74) is 4.35. The van der Waals surface area contributed by atoms with Gasteiger partial charge in [-0.2, -0.15) is 0 Å². The molecule has 1 amide bonds. The SMILES string of the molecule is COc1cccc(-c2nc(C(=O)NCC(O)c3ccccc3)cc3c2[nH]c2ccccc23)c1. The number of hydrogen-bond donors (Lipinski definition) is 3. The Balaban J connectivity index is 1.56. The quantitative estimate of drug-likeness (QED) is 0.354. The third-order valence-electron chi connectivity index (χ3n) is 5.71. The number of carbonyl (C=O) groups excluding carboxylic acids is 1. The molecule has 0 radical (unpaired) electrons. The monoisotopic (exact) mass is 437 g/mol. The minimum Gasteiger partial charge on any atom is -0.497 e. The van der Waals surface area contributed by atoms with Crippen LogP contribution in [0, 0.1) is 0 Å². The summed E-state index contributed by atoms with van der Waals surface area (Å²) in [5.74, 6) is 0.362. The van der Waals surface area contributed by atoms with Gasteiger partial charge in [0.25, 0.3) is 5.91 Å². The second-order valence-electron chi connectivity index (χ2n) is 7.82. The van der Waals surface area contributed by atoms with E-state index in [2.05, 4.69) is 10.3 Å². The largest absolute Gasteiger partial charge is 0.497 e. The van der Waals surface area contributed by atoms with Crippen molar-refractivity contribution in [2.24, 2.45) is 0 Å². The minimum absolute atomic E-state index is 0.0882.